The van der Waals surface area contributed by atoms with Crippen molar-refractivity contribution >= 4 is 23.5 Å². The van der Waals surface area contributed by atoms with Gasteiger partial charge in [0, 0.05) is 30.6 Å². The van der Waals surface area contributed by atoms with E-state index in [0.29, 0.717) is 16.8 Å². The van der Waals surface area contributed by atoms with Gasteiger partial charge in [0.15, 0.2) is 0 Å². The molecule has 19 heavy (non-hydrogen) atoms. The summed E-state index contributed by atoms with van der Waals surface area (Å²) in [4.78, 5) is 22.6. The predicted molar refractivity (Wildman–Crippen MR) is 78.6 cm³/mol. The van der Waals surface area contributed by atoms with Gasteiger partial charge < -0.3 is 10.2 Å². The molecule has 0 aliphatic carbocycles. The van der Waals surface area contributed by atoms with Crippen LogP contribution in [0.15, 0.2) is 12.4 Å². The van der Waals surface area contributed by atoms with Gasteiger partial charge in [-0.2, -0.15) is 11.8 Å². The Bertz CT molecular complexity index is 423. The normalized spacial score (nSPS) is 19.3. The summed E-state index contributed by atoms with van der Waals surface area (Å²) in [7, 11) is 0. The number of hydrogen-bond donors (Lipinski definition) is 1. The van der Waals surface area contributed by atoms with Crippen molar-refractivity contribution in [2.24, 2.45) is 0 Å². The highest BCUT2D eigenvalue weighted by Gasteiger charge is 2.24. The van der Waals surface area contributed by atoms with E-state index in [9.17, 15) is 4.79 Å². The average Bonchev–Trinajstić information content (AvgIpc) is 2.48. The second-order valence-corrected chi connectivity index (χ2v) is 5.88. The van der Waals surface area contributed by atoms with Crippen LogP contribution in [0.5, 0.6) is 0 Å². The van der Waals surface area contributed by atoms with Crippen molar-refractivity contribution in [2.75, 3.05) is 30.7 Å². The number of hydrogen-bond acceptors (Lipinski definition) is 5. The molecule has 0 saturated carbocycles. The summed E-state index contributed by atoms with van der Waals surface area (Å²) in [5.41, 5.74) is 0.434. The maximum atomic E-state index is 12.3. The minimum absolute atomic E-state index is 0.00528. The number of thioether (sulfide) groups is 1. The molecule has 5 nitrogen and oxygen atoms in total. The van der Waals surface area contributed by atoms with Crippen molar-refractivity contribution in [3.05, 3.63) is 18.1 Å². The van der Waals surface area contributed by atoms with Crippen LogP contribution < -0.4 is 5.32 Å². The monoisotopic (exact) mass is 280 g/mol. The number of amides is 1. The molecule has 0 radical (unpaired) electrons. The van der Waals surface area contributed by atoms with E-state index in [-0.39, 0.29) is 5.91 Å². The third-order valence-electron chi connectivity index (χ3n) is 3.11. The van der Waals surface area contributed by atoms with Gasteiger partial charge in [-0.3, -0.25) is 4.79 Å². The number of rotatable bonds is 4. The van der Waals surface area contributed by atoms with E-state index in [1.54, 1.807) is 12.4 Å². The van der Waals surface area contributed by atoms with Gasteiger partial charge in [0.2, 0.25) is 0 Å². The Balaban J connectivity index is 2.02. The van der Waals surface area contributed by atoms with Crippen molar-refractivity contribution in [2.45, 2.75) is 25.5 Å². The Morgan fingerprint density at radius 3 is 2.95 bits per heavy atom. The lowest BCUT2D eigenvalue weighted by atomic mass is 10.2. The summed E-state index contributed by atoms with van der Waals surface area (Å²) in [5, 5.41) is 3.62. The van der Waals surface area contributed by atoms with Crippen LogP contribution in [0.2, 0.25) is 0 Å². The molecule has 2 rings (SSSR count). The van der Waals surface area contributed by atoms with Gasteiger partial charge >= 0.3 is 0 Å². The third-order valence-corrected chi connectivity index (χ3v) is 4.48. The number of nitrogens with one attached hydrogen (secondary N) is 1. The molecule has 1 aromatic heterocycles. The van der Waals surface area contributed by atoms with Crippen LogP contribution in [0.3, 0.4) is 0 Å². The van der Waals surface area contributed by atoms with Crippen molar-refractivity contribution in [3.8, 4) is 0 Å². The molecule has 1 aromatic rings. The maximum absolute atomic E-state index is 12.3. The summed E-state index contributed by atoms with van der Waals surface area (Å²) in [5.74, 6) is 1.71. The zero-order valence-electron chi connectivity index (χ0n) is 11.4. The summed E-state index contributed by atoms with van der Waals surface area (Å²) >= 11 is 1.95. The molecule has 104 valence electrons. The fraction of sp³-hybridized carbons (Fsp3) is 0.615. The molecule has 0 spiro atoms. The van der Waals surface area contributed by atoms with Gasteiger partial charge in [-0.25, -0.2) is 9.97 Å². The molecular weight excluding hydrogens is 260 g/mol. The number of nitrogens with zero attached hydrogens (tertiary/aromatic N) is 3. The standard InChI is InChI=1S/C13H20N4OS/c1-3-10-9-17(5-6-19-10)13(18)11-7-16-12(8-15-11)14-4-2/h7-8,10H,3-6,9H2,1-2H3,(H,14,16). The molecule has 1 aliphatic rings. The van der Waals surface area contributed by atoms with Gasteiger partial charge in [0.25, 0.3) is 5.91 Å². The highest BCUT2D eigenvalue weighted by Crippen LogP contribution is 2.22. The van der Waals surface area contributed by atoms with Crippen LogP contribution in [0.4, 0.5) is 5.82 Å². The summed E-state index contributed by atoms with van der Waals surface area (Å²) < 4.78 is 0. The van der Waals surface area contributed by atoms with Gasteiger partial charge in [0.1, 0.15) is 11.5 Å². The van der Waals surface area contributed by atoms with Crippen LogP contribution in [-0.4, -0.2) is 51.4 Å². The summed E-state index contributed by atoms with van der Waals surface area (Å²) in [6, 6.07) is 0. The van der Waals surface area contributed by atoms with Crippen molar-refractivity contribution < 1.29 is 4.79 Å². The first kappa shape index (κ1) is 14.1. The van der Waals surface area contributed by atoms with E-state index in [0.717, 1.165) is 31.8 Å². The first-order chi connectivity index (χ1) is 9.24. The predicted octanol–water partition coefficient (Wildman–Crippen LogP) is 1.88. The van der Waals surface area contributed by atoms with Crippen molar-refractivity contribution in [1.29, 1.82) is 0 Å². The Morgan fingerprint density at radius 1 is 1.47 bits per heavy atom. The minimum Gasteiger partial charge on any atom is -0.369 e. The number of carbonyl (C=O) groups excluding carboxylic acids is 1. The maximum Gasteiger partial charge on any atom is 0.274 e. The van der Waals surface area contributed by atoms with E-state index in [1.165, 1.54) is 0 Å². The summed E-state index contributed by atoms with van der Waals surface area (Å²) in [6.45, 7) is 6.57. The van der Waals surface area contributed by atoms with E-state index >= 15 is 0 Å². The SMILES string of the molecule is CCNc1cnc(C(=O)N2CCSC(CC)C2)cn1. The first-order valence-corrected chi connectivity index (χ1v) is 7.76. The van der Waals surface area contributed by atoms with Gasteiger partial charge in [0.05, 0.1) is 12.4 Å². The van der Waals surface area contributed by atoms with Gasteiger partial charge in [-0.15, -0.1) is 0 Å². The molecule has 1 unspecified atom stereocenters. The molecule has 1 amide bonds. The van der Waals surface area contributed by atoms with Crippen LogP contribution in [0, 0.1) is 0 Å². The highest BCUT2D eigenvalue weighted by molar-refractivity contribution is 8.00. The largest absolute Gasteiger partial charge is 0.369 e. The second-order valence-electron chi connectivity index (χ2n) is 4.47. The van der Waals surface area contributed by atoms with Crippen LogP contribution in [0.1, 0.15) is 30.8 Å². The quantitative estimate of drug-likeness (QED) is 0.912. The highest BCUT2D eigenvalue weighted by atomic mass is 32.2. The number of carbonyl (C=O) groups is 1. The lowest BCUT2D eigenvalue weighted by molar-refractivity contribution is 0.0754. The zero-order chi connectivity index (χ0) is 13.7. The lowest BCUT2D eigenvalue weighted by Crippen LogP contribution is -2.42. The molecule has 6 heteroatoms. The fourth-order valence-corrected chi connectivity index (χ4v) is 3.20. The lowest BCUT2D eigenvalue weighted by Gasteiger charge is -2.31. The molecule has 1 saturated heterocycles. The molecule has 0 bridgehead atoms. The molecule has 1 N–H and O–H groups in total. The minimum atomic E-state index is -0.00528. The van der Waals surface area contributed by atoms with Gasteiger partial charge in [-0.05, 0) is 13.3 Å². The Morgan fingerprint density at radius 2 is 2.32 bits per heavy atom. The van der Waals surface area contributed by atoms with Crippen molar-refractivity contribution in [3.63, 3.8) is 0 Å². The van der Waals surface area contributed by atoms with Crippen LogP contribution >= 0.6 is 11.8 Å². The Kier molecular flexibility index (Phi) is 5.01. The topological polar surface area (TPSA) is 58.1 Å². The second kappa shape index (κ2) is 6.75. The smallest absolute Gasteiger partial charge is 0.274 e. The molecule has 2 heterocycles. The molecule has 1 fully saturated rings. The Labute approximate surface area is 118 Å². The first-order valence-electron chi connectivity index (χ1n) is 6.71. The van der Waals surface area contributed by atoms with Gasteiger partial charge in [-0.1, -0.05) is 6.92 Å². The molecule has 1 atom stereocenters. The van der Waals surface area contributed by atoms with E-state index in [1.807, 2.05) is 23.6 Å². The molecular formula is C13H20N4OS. The number of aromatic nitrogens is 2. The van der Waals surface area contributed by atoms with Crippen molar-refractivity contribution in [1.82, 2.24) is 14.9 Å². The fourth-order valence-electron chi connectivity index (χ4n) is 2.02. The van der Waals surface area contributed by atoms with E-state index < -0.39 is 0 Å². The zero-order valence-corrected chi connectivity index (χ0v) is 12.2. The molecule has 1 aliphatic heterocycles. The third kappa shape index (κ3) is 3.59. The van der Waals surface area contributed by atoms with E-state index in [4.69, 9.17) is 0 Å². The average molecular weight is 280 g/mol. The number of anilines is 1. The molecule has 0 aromatic carbocycles. The van der Waals surface area contributed by atoms with E-state index in [2.05, 4.69) is 22.2 Å². The Hall–Kier alpha value is -1.30. The van der Waals surface area contributed by atoms with Crippen LogP contribution in [-0.2, 0) is 0 Å². The van der Waals surface area contributed by atoms with Crippen LogP contribution in [0.25, 0.3) is 0 Å². The summed E-state index contributed by atoms with van der Waals surface area (Å²) in [6.07, 6.45) is 4.27.